The molecule has 0 atom stereocenters. The van der Waals surface area contributed by atoms with Crippen LogP contribution in [0, 0.1) is 0 Å². The second-order valence-electron chi connectivity index (χ2n) is 7.12. The molecule has 3 heterocycles. The molecule has 4 N–H and O–H groups in total. The lowest BCUT2D eigenvalue weighted by Gasteiger charge is -2.13. The van der Waals surface area contributed by atoms with Gasteiger partial charge < -0.3 is 25.8 Å². The van der Waals surface area contributed by atoms with E-state index >= 15 is 0 Å². The highest BCUT2D eigenvalue weighted by Crippen LogP contribution is 2.45. The summed E-state index contributed by atoms with van der Waals surface area (Å²) >= 11 is 3.25. The number of methoxy groups -OCH3 is 1. The molecule has 9 heteroatoms. The minimum absolute atomic E-state index is 0.00937. The molecule has 0 aliphatic carbocycles. The van der Waals surface area contributed by atoms with Gasteiger partial charge in [0.15, 0.2) is 0 Å². The van der Waals surface area contributed by atoms with Crippen LogP contribution in [-0.4, -0.2) is 49.3 Å². The Balaban J connectivity index is 1.61. The number of hydrogen-bond donors (Lipinski definition) is 4. The number of rotatable bonds is 9. The van der Waals surface area contributed by atoms with E-state index in [0.717, 1.165) is 57.4 Å². The average molecular weight is 447 g/mol. The van der Waals surface area contributed by atoms with Crippen LogP contribution in [0.4, 0.5) is 5.00 Å². The van der Waals surface area contributed by atoms with E-state index in [9.17, 15) is 9.90 Å². The van der Waals surface area contributed by atoms with Crippen LogP contribution in [0.2, 0.25) is 0 Å². The first kappa shape index (κ1) is 21.4. The number of aliphatic hydroxyl groups is 1. The largest absolute Gasteiger partial charge is 0.392 e. The number of nitrogens with one attached hydrogen (secondary N) is 3. The van der Waals surface area contributed by atoms with Crippen molar-refractivity contribution in [3.8, 4) is 10.6 Å². The first-order valence-corrected chi connectivity index (χ1v) is 11.7. The highest BCUT2D eigenvalue weighted by atomic mass is 32.1. The third-order valence-electron chi connectivity index (χ3n) is 5.08. The number of thiazole rings is 1. The molecule has 1 aromatic carbocycles. The number of carbonyl (C=O) groups excluding carboxylic acids is 1. The third-order valence-corrected chi connectivity index (χ3v) is 7.27. The minimum atomic E-state index is -0.0359. The quantitative estimate of drug-likeness (QED) is 0.378. The number of benzene rings is 1. The van der Waals surface area contributed by atoms with E-state index < -0.39 is 0 Å². The molecule has 0 spiro atoms. The van der Waals surface area contributed by atoms with Gasteiger partial charge in [0.25, 0.3) is 0 Å². The molecule has 0 radical (unpaired) electrons. The second kappa shape index (κ2) is 9.95. The van der Waals surface area contributed by atoms with Gasteiger partial charge in [0, 0.05) is 49.2 Å². The van der Waals surface area contributed by atoms with Gasteiger partial charge in [-0.15, -0.1) is 22.7 Å². The van der Waals surface area contributed by atoms with E-state index in [1.807, 2.05) is 18.2 Å². The lowest BCUT2D eigenvalue weighted by molar-refractivity contribution is -0.116. The number of carbonyl (C=O) groups is 1. The predicted octanol–water partition coefficient (Wildman–Crippen LogP) is 2.73. The molecule has 0 saturated carbocycles. The number of nitrogens with zero attached hydrogens (tertiary/aromatic N) is 1. The summed E-state index contributed by atoms with van der Waals surface area (Å²) in [6, 6.07) is 5.88. The fourth-order valence-electron chi connectivity index (χ4n) is 3.58. The van der Waals surface area contributed by atoms with Gasteiger partial charge in [-0.1, -0.05) is 12.1 Å². The summed E-state index contributed by atoms with van der Waals surface area (Å²) in [5.74, 6) is -0.00937. The summed E-state index contributed by atoms with van der Waals surface area (Å²) in [7, 11) is 1.66. The maximum atomic E-state index is 12.6. The van der Waals surface area contributed by atoms with Gasteiger partial charge in [0.05, 0.1) is 23.4 Å². The molecule has 3 aromatic rings. The van der Waals surface area contributed by atoms with Crippen molar-refractivity contribution >= 4 is 43.8 Å². The number of anilines is 1. The number of fused-ring (bicyclic) bond motifs is 2. The molecule has 30 heavy (non-hydrogen) atoms. The van der Waals surface area contributed by atoms with E-state index in [-0.39, 0.29) is 12.5 Å². The third kappa shape index (κ3) is 4.56. The van der Waals surface area contributed by atoms with E-state index in [4.69, 9.17) is 9.72 Å². The van der Waals surface area contributed by atoms with Gasteiger partial charge >= 0.3 is 0 Å². The van der Waals surface area contributed by atoms with Crippen LogP contribution >= 0.6 is 22.7 Å². The van der Waals surface area contributed by atoms with E-state index in [2.05, 4.69) is 16.0 Å². The molecule has 7 nitrogen and oxygen atoms in total. The number of ether oxygens (including phenoxy) is 1. The zero-order valence-electron chi connectivity index (χ0n) is 16.9. The number of aromatic nitrogens is 1. The molecule has 1 amide bonds. The average Bonchev–Trinajstić information content (AvgIpc) is 3.33. The van der Waals surface area contributed by atoms with Gasteiger partial charge in [-0.2, -0.15) is 0 Å². The lowest BCUT2D eigenvalue weighted by atomic mass is 10.0. The number of thiophene rings is 1. The number of hydrogen-bond acceptors (Lipinski definition) is 8. The van der Waals surface area contributed by atoms with Crippen LogP contribution in [0.25, 0.3) is 20.8 Å². The van der Waals surface area contributed by atoms with Gasteiger partial charge in [-0.3, -0.25) is 4.79 Å². The minimum Gasteiger partial charge on any atom is -0.392 e. The Hall–Kier alpha value is -1.88. The standard InChI is InChI=1S/C21H26N4O3S2/c1-28-10-9-22-8-6-17(27)24-20-18(14-5-7-23-11-16(14)30-20)21-25-19-13(12-26)3-2-4-15(19)29-21/h2-4,22-23,26H,5-12H2,1H3,(H,24,27). The SMILES string of the molecule is COCCNCCC(=O)Nc1sc2c(c1-c1nc3c(CO)cccc3s1)CCNC2. The fraction of sp³-hybridized carbons (Fsp3) is 0.429. The second-order valence-corrected chi connectivity index (χ2v) is 9.25. The van der Waals surface area contributed by atoms with Crippen LogP contribution in [0.1, 0.15) is 22.4 Å². The van der Waals surface area contributed by atoms with Crippen LogP contribution < -0.4 is 16.0 Å². The first-order chi connectivity index (χ1) is 14.7. The summed E-state index contributed by atoms with van der Waals surface area (Å²) in [5, 5.41) is 21.2. The normalized spacial score (nSPS) is 13.5. The predicted molar refractivity (Wildman–Crippen MR) is 122 cm³/mol. The van der Waals surface area contributed by atoms with Crippen LogP contribution in [0.15, 0.2) is 18.2 Å². The Morgan fingerprint density at radius 2 is 2.23 bits per heavy atom. The van der Waals surface area contributed by atoms with Gasteiger partial charge in [-0.25, -0.2) is 4.98 Å². The van der Waals surface area contributed by atoms with E-state index in [1.165, 1.54) is 10.4 Å². The Morgan fingerprint density at radius 1 is 1.33 bits per heavy atom. The number of amides is 1. The summed E-state index contributed by atoms with van der Waals surface area (Å²) < 4.78 is 6.05. The van der Waals surface area contributed by atoms with Crippen molar-refractivity contribution in [1.82, 2.24) is 15.6 Å². The van der Waals surface area contributed by atoms with E-state index in [0.29, 0.717) is 19.6 Å². The van der Waals surface area contributed by atoms with Crippen LogP contribution in [0.3, 0.4) is 0 Å². The number of aliphatic hydroxyl groups excluding tert-OH is 1. The molecule has 0 fully saturated rings. The van der Waals surface area contributed by atoms with Crippen molar-refractivity contribution in [2.75, 3.05) is 38.7 Å². The molecule has 2 aromatic heterocycles. The lowest BCUT2D eigenvalue weighted by Crippen LogP contribution is -2.24. The topological polar surface area (TPSA) is 95.5 Å². The van der Waals surface area contributed by atoms with Crippen LogP contribution in [-0.2, 0) is 29.1 Å². The fourth-order valence-corrected chi connectivity index (χ4v) is 5.97. The Morgan fingerprint density at radius 3 is 3.07 bits per heavy atom. The van der Waals surface area contributed by atoms with Gasteiger partial charge in [0.1, 0.15) is 10.0 Å². The van der Waals surface area contributed by atoms with Crippen molar-refractivity contribution in [2.45, 2.75) is 26.0 Å². The zero-order chi connectivity index (χ0) is 20.9. The maximum absolute atomic E-state index is 12.6. The Labute approximate surface area is 183 Å². The van der Waals surface area contributed by atoms with Gasteiger partial charge in [-0.05, 0) is 24.6 Å². The molecule has 0 bridgehead atoms. The van der Waals surface area contributed by atoms with Crippen molar-refractivity contribution in [3.63, 3.8) is 0 Å². The monoisotopic (exact) mass is 446 g/mol. The van der Waals surface area contributed by atoms with Crippen molar-refractivity contribution in [1.29, 1.82) is 0 Å². The van der Waals surface area contributed by atoms with Crippen molar-refractivity contribution in [2.24, 2.45) is 0 Å². The summed E-state index contributed by atoms with van der Waals surface area (Å²) in [6.07, 6.45) is 1.32. The molecule has 0 unspecified atom stereocenters. The zero-order valence-corrected chi connectivity index (χ0v) is 18.5. The molecular weight excluding hydrogens is 420 g/mol. The van der Waals surface area contributed by atoms with Crippen LogP contribution in [0.5, 0.6) is 0 Å². The summed E-state index contributed by atoms with van der Waals surface area (Å²) in [5.41, 5.74) is 3.99. The Kier molecular flexibility index (Phi) is 7.08. The molecule has 160 valence electrons. The molecule has 0 saturated heterocycles. The van der Waals surface area contributed by atoms with Crippen molar-refractivity contribution in [3.05, 3.63) is 34.2 Å². The summed E-state index contributed by atoms with van der Waals surface area (Å²) in [6.45, 7) is 3.66. The molecule has 1 aliphatic heterocycles. The van der Waals surface area contributed by atoms with Crippen molar-refractivity contribution < 1.29 is 14.6 Å². The highest BCUT2D eigenvalue weighted by Gasteiger charge is 2.25. The Bertz CT molecular complexity index is 1030. The van der Waals surface area contributed by atoms with E-state index in [1.54, 1.807) is 29.8 Å². The maximum Gasteiger partial charge on any atom is 0.226 e. The molecular formula is C21H26N4O3S2. The van der Waals surface area contributed by atoms with Gasteiger partial charge in [0.2, 0.25) is 5.91 Å². The summed E-state index contributed by atoms with van der Waals surface area (Å²) in [4.78, 5) is 18.7. The molecule has 4 rings (SSSR count). The molecule has 1 aliphatic rings. The first-order valence-electron chi connectivity index (χ1n) is 10.1. The number of para-hydroxylation sites is 1. The highest BCUT2D eigenvalue weighted by molar-refractivity contribution is 7.23. The smallest absolute Gasteiger partial charge is 0.226 e.